The summed E-state index contributed by atoms with van der Waals surface area (Å²) in [6.07, 6.45) is 4.13. The van der Waals surface area contributed by atoms with Crippen LogP contribution in [0.4, 0.5) is 24.7 Å². The molecule has 3 heterocycles. The van der Waals surface area contributed by atoms with Gasteiger partial charge in [-0.2, -0.15) is 13.2 Å². The van der Waals surface area contributed by atoms with Crippen LogP contribution in [0.5, 0.6) is 5.75 Å². The highest BCUT2D eigenvalue weighted by atomic mass is 19.4. The number of imidazole rings is 1. The van der Waals surface area contributed by atoms with Crippen LogP contribution in [0.15, 0.2) is 73.7 Å². The molecular formula is C26H22F3N5O2. The maximum Gasteiger partial charge on any atom is 0.422 e. The summed E-state index contributed by atoms with van der Waals surface area (Å²) in [6.45, 7) is 0.502. The number of carbonyl (C=O) groups excluding carboxylic acids is 1. The zero-order valence-electron chi connectivity index (χ0n) is 19.5. The highest BCUT2D eigenvalue weighted by Crippen LogP contribution is 2.48. The zero-order valence-corrected chi connectivity index (χ0v) is 19.5. The van der Waals surface area contributed by atoms with Crippen LogP contribution in [0, 0.1) is 0 Å². The van der Waals surface area contributed by atoms with E-state index in [0.717, 1.165) is 16.7 Å². The van der Waals surface area contributed by atoms with Crippen LogP contribution in [0.3, 0.4) is 0 Å². The van der Waals surface area contributed by atoms with Gasteiger partial charge in [0.05, 0.1) is 17.4 Å². The van der Waals surface area contributed by atoms with Crippen LogP contribution >= 0.6 is 0 Å². The molecule has 0 bridgehead atoms. The fraction of sp³-hybridized carbons (Fsp3) is 0.231. The van der Waals surface area contributed by atoms with Gasteiger partial charge in [-0.15, -0.1) is 0 Å². The Bertz CT molecular complexity index is 1420. The van der Waals surface area contributed by atoms with E-state index in [1.54, 1.807) is 52.6 Å². The van der Waals surface area contributed by atoms with Crippen LogP contribution in [-0.2, 0) is 23.7 Å². The van der Waals surface area contributed by atoms with Crippen LogP contribution < -0.4 is 9.64 Å². The summed E-state index contributed by atoms with van der Waals surface area (Å²) in [5.41, 5.74) is 2.75. The van der Waals surface area contributed by atoms with Gasteiger partial charge in [0.2, 0.25) is 5.91 Å². The van der Waals surface area contributed by atoms with Crippen molar-refractivity contribution in [2.75, 3.05) is 11.5 Å². The molecule has 0 saturated heterocycles. The number of ether oxygens (including phenoxy) is 1. The van der Waals surface area contributed by atoms with Gasteiger partial charge < -0.3 is 9.30 Å². The minimum Gasteiger partial charge on any atom is -0.484 e. The number of aryl methyl sites for hydroxylation is 1. The van der Waals surface area contributed by atoms with E-state index >= 15 is 0 Å². The quantitative estimate of drug-likeness (QED) is 0.378. The van der Waals surface area contributed by atoms with Gasteiger partial charge in [-0.25, -0.2) is 15.0 Å². The fourth-order valence-corrected chi connectivity index (χ4v) is 4.50. The Hall–Kier alpha value is -4.21. The molecule has 7 nitrogen and oxygen atoms in total. The number of halogens is 3. The molecule has 0 saturated carbocycles. The molecule has 0 fully saturated rings. The van der Waals surface area contributed by atoms with Gasteiger partial charge in [0.15, 0.2) is 12.4 Å². The maximum absolute atomic E-state index is 13.9. The minimum atomic E-state index is -4.43. The van der Waals surface area contributed by atoms with Crippen LogP contribution in [0.25, 0.3) is 11.1 Å². The highest BCUT2D eigenvalue weighted by molar-refractivity contribution is 6.12. The molecule has 0 radical (unpaired) electrons. The SMILES string of the molecule is Cn1cnc(N2C(=O)C(C)(Cc3cncnc3)c3cc(-c4cccc(OCC(F)(F)F)c4)ccc32)c1. The molecule has 4 aromatic rings. The van der Waals surface area contributed by atoms with E-state index in [-0.39, 0.29) is 11.7 Å². The Morgan fingerprint density at radius 2 is 1.81 bits per heavy atom. The number of hydrogen-bond acceptors (Lipinski definition) is 5. The van der Waals surface area contributed by atoms with Gasteiger partial charge in [-0.1, -0.05) is 18.2 Å². The molecule has 0 aliphatic carbocycles. The first-order chi connectivity index (χ1) is 17.1. The van der Waals surface area contributed by atoms with Gasteiger partial charge in [-0.3, -0.25) is 9.69 Å². The Labute approximate surface area is 205 Å². The van der Waals surface area contributed by atoms with Crippen molar-refractivity contribution < 1.29 is 22.7 Å². The average Bonchev–Trinajstić information content (AvgIpc) is 3.37. The molecule has 36 heavy (non-hydrogen) atoms. The van der Waals surface area contributed by atoms with Crippen LogP contribution in [0.2, 0.25) is 0 Å². The molecule has 5 rings (SSSR count). The Kier molecular flexibility index (Phi) is 5.74. The smallest absolute Gasteiger partial charge is 0.422 e. The van der Waals surface area contributed by atoms with Crippen LogP contribution in [0.1, 0.15) is 18.1 Å². The number of rotatable bonds is 6. The average molecular weight is 493 g/mol. The summed E-state index contributed by atoms with van der Waals surface area (Å²) in [5.74, 6) is 0.479. The Morgan fingerprint density at radius 3 is 2.50 bits per heavy atom. The second-order valence-corrected chi connectivity index (χ2v) is 8.96. The molecule has 184 valence electrons. The van der Waals surface area contributed by atoms with Gasteiger partial charge in [-0.05, 0) is 59.9 Å². The fourth-order valence-electron chi connectivity index (χ4n) is 4.50. The molecule has 1 aliphatic heterocycles. The lowest BCUT2D eigenvalue weighted by molar-refractivity contribution is -0.153. The normalized spacial score (nSPS) is 17.4. The topological polar surface area (TPSA) is 73.1 Å². The first kappa shape index (κ1) is 23.5. The number of amides is 1. The van der Waals surface area contributed by atoms with E-state index in [1.165, 1.54) is 12.4 Å². The van der Waals surface area contributed by atoms with Crippen LogP contribution in [-0.4, -0.2) is 38.2 Å². The van der Waals surface area contributed by atoms with Gasteiger partial charge in [0.25, 0.3) is 0 Å². The van der Waals surface area contributed by atoms with Gasteiger partial charge in [0, 0.05) is 25.6 Å². The predicted octanol–water partition coefficient (Wildman–Crippen LogP) is 5.00. The summed E-state index contributed by atoms with van der Waals surface area (Å²) in [4.78, 5) is 28.0. The zero-order chi connectivity index (χ0) is 25.5. The van der Waals surface area contributed by atoms with Gasteiger partial charge >= 0.3 is 6.18 Å². The molecule has 0 N–H and O–H groups in total. The van der Waals surface area contributed by atoms with E-state index in [9.17, 15) is 18.0 Å². The molecule has 1 unspecified atom stereocenters. The van der Waals surface area contributed by atoms with Crippen molar-refractivity contribution in [1.29, 1.82) is 0 Å². The molecule has 1 atom stereocenters. The van der Waals surface area contributed by atoms with E-state index in [1.807, 2.05) is 32.2 Å². The maximum atomic E-state index is 13.9. The second-order valence-electron chi connectivity index (χ2n) is 8.96. The highest BCUT2D eigenvalue weighted by Gasteiger charge is 2.48. The number of benzene rings is 2. The van der Waals surface area contributed by atoms with Gasteiger partial charge in [0.1, 0.15) is 12.1 Å². The molecular weight excluding hydrogens is 471 g/mol. The molecule has 0 spiro atoms. The molecule has 1 amide bonds. The number of hydrogen-bond donors (Lipinski definition) is 0. The molecule has 1 aliphatic rings. The lowest BCUT2D eigenvalue weighted by Crippen LogP contribution is -2.37. The number of fused-ring (bicyclic) bond motifs is 1. The summed E-state index contributed by atoms with van der Waals surface area (Å²) in [7, 11) is 1.83. The van der Waals surface area contributed by atoms with Crippen molar-refractivity contribution in [3.05, 3.63) is 84.8 Å². The lowest BCUT2D eigenvalue weighted by atomic mass is 9.78. The van der Waals surface area contributed by atoms with Crippen molar-refractivity contribution in [1.82, 2.24) is 19.5 Å². The third-order valence-electron chi connectivity index (χ3n) is 6.17. The van der Waals surface area contributed by atoms with Crippen molar-refractivity contribution >= 4 is 17.4 Å². The van der Waals surface area contributed by atoms with E-state index in [4.69, 9.17) is 4.74 Å². The summed E-state index contributed by atoms with van der Waals surface area (Å²) >= 11 is 0. The van der Waals surface area contributed by atoms with Crippen molar-refractivity contribution in [2.45, 2.75) is 24.9 Å². The van der Waals surface area contributed by atoms with Crippen molar-refractivity contribution in [2.24, 2.45) is 7.05 Å². The van der Waals surface area contributed by atoms with Crippen molar-refractivity contribution in [3.8, 4) is 16.9 Å². The summed E-state index contributed by atoms with van der Waals surface area (Å²) < 4.78 is 44.5. The molecule has 2 aromatic heterocycles. The molecule has 2 aromatic carbocycles. The first-order valence-corrected chi connectivity index (χ1v) is 11.1. The van der Waals surface area contributed by atoms with E-state index < -0.39 is 18.2 Å². The lowest BCUT2D eigenvalue weighted by Gasteiger charge is -2.24. The monoisotopic (exact) mass is 493 g/mol. The third-order valence-corrected chi connectivity index (χ3v) is 6.17. The summed E-state index contributed by atoms with van der Waals surface area (Å²) in [6, 6.07) is 12.0. The number of alkyl halides is 3. The van der Waals surface area contributed by atoms with E-state index in [0.29, 0.717) is 23.5 Å². The number of nitrogens with zero attached hydrogens (tertiary/aromatic N) is 5. The first-order valence-electron chi connectivity index (χ1n) is 11.1. The number of aromatic nitrogens is 4. The Balaban J connectivity index is 1.58. The molecule has 10 heteroatoms. The summed E-state index contributed by atoms with van der Waals surface area (Å²) in [5, 5.41) is 0. The third kappa shape index (κ3) is 4.41. The van der Waals surface area contributed by atoms with E-state index in [2.05, 4.69) is 15.0 Å². The number of carbonyl (C=O) groups is 1. The number of anilines is 2. The second kappa shape index (κ2) is 8.78. The van der Waals surface area contributed by atoms with Crippen molar-refractivity contribution in [3.63, 3.8) is 0 Å². The Morgan fingerprint density at radius 1 is 1.06 bits per heavy atom. The predicted molar refractivity (Wildman–Crippen MR) is 127 cm³/mol. The standard InChI is InChI=1S/C26H22F3N5O2/c1-25(10-17-11-30-15-31-12-17)21-9-19(18-4-3-5-20(8-18)36-14-26(27,28)29)6-7-22(21)34(24(25)35)23-13-33(2)16-32-23/h3-9,11-13,15-16H,10,14H2,1-2H3. The largest absolute Gasteiger partial charge is 0.484 e. The minimum absolute atomic E-state index is 0.112.